The molecular weight excluding hydrogens is 580 g/mol. The Balaban J connectivity index is 1.55. The molecule has 11 heteroatoms. The number of carbonyl (C=O) groups is 1. The Labute approximate surface area is 260 Å². The number of aromatic nitrogens is 1. The van der Waals surface area contributed by atoms with Crippen LogP contribution in [0.1, 0.15) is 54.7 Å². The van der Waals surface area contributed by atoms with E-state index in [1.54, 1.807) is 19.1 Å². The van der Waals surface area contributed by atoms with Crippen molar-refractivity contribution in [3.8, 4) is 17.0 Å². The minimum Gasteiger partial charge on any atom is -0.497 e. The predicted octanol–water partition coefficient (Wildman–Crippen LogP) is 4.22. The SMILES string of the molecule is COCCN(C)C(=O)C1Cc2cc(OC)ccc2-c2c(C3CCCCC3)c3ccc(C4(NS(=O)(=O)N(C)C)CO4)cc3n2C1. The molecule has 2 aliphatic heterocycles. The first-order valence-corrected chi connectivity index (χ1v) is 17.0. The van der Waals surface area contributed by atoms with Gasteiger partial charge in [0.25, 0.3) is 10.2 Å². The number of carbonyl (C=O) groups excluding carboxylic acids is 1. The molecule has 6 rings (SSSR count). The van der Waals surface area contributed by atoms with Crippen LogP contribution in [0.5, 0.6) is 5.75 Å². The maximum absolute atomic E-state index is 14.0. The number of ether oxygens (including phenoxy) is 3. The predicted molar refractivity (Wildman–Crippen MR) is 170 cm³/mol. The zero-order chi connectivity index (χ0) is 31.2. The highest BCUT2D eigenvalue weighted by Crippen LogP contribution is 2.48. The van der Waals surface area contributed by atoms with Gasteiger partial charge in [-0.15, -0.1) is 0 Å². The van der Waals surface area contributed by atoms with Crippen LogP contribution < -0.4 is 9.46 Å². The third kappa shape index (κ3) is 5.64. The minimum absolute atomic E-state index is 0.0710. The van der Waals surface area contributed by atoms with Crippen LogP contribution in [0.15, 0.2) is 36.4 Å². The van der Waals surface area contributed by atoms with E-state index >= 15 is 0 Å². The number of nitrogens with one attached hydrogen (secondary N) is 1. The third-order valence-electron chi connectivity index (χ3n) is 9.58. The molecule has 44 heavy (non-hydrogen) atoms. The maximum atomic E-state index is 14.0. The van der Waals surface area contributed by atoms with Crippen molar-refractivity contribution in [1.82, 2.24) is 18.5 Å². The van der Waals surface area contributed by atoms with Crippen molar-refractivity contribution >= 4 is 27.0 Å². The summed E-state index contributed by atoms with van der Waals surface area (Å²) in [5, 5.41) is 1.16. The van der Waals surface area contributed by atoms with Gasteiger partial charge in [0.05, 0.1) is 31.9 Å². The second-order valence-corrected chi connectivity index (χ2v) is 14.5. The second kappa shape index (κ2) is 12.1. The highest BCUT2D eigenvalue weighted by molar-refractivity contribution is 7.87. The number of rotatable bonds is 10. The van der Waals surface area contributed by atoms with E-state index in [1.165, 1.54) is 38.9 Å². The molecule has 1 saturated carbocycles. The number of benzene rings is 2. The fourth-order valence-corrected chi connectivity index (χ4v) is 7.87. The Morgan fingerprint density at radius 2 is 1.84 bits per heavy atom. The van der Waals surface area contributed by atoms with Crippen LogP contribution in [0.4, 0.5) is 0 Å². The molecule has 1 aliphatic carbocycles. The van der Waals surface area contributed by atoms with Crippen LogP contribution >= 0.6 is 0 Å². The van der Waals surface area contributed by atoms with Crippen molar-refractivity contribution in [2.75, 3.05) is 55.1 Å². The Hall–Kier alpha value is -2.96. The van der Waals surface area contributed by atoms with Crippen molar-refractivity contribution in [1.29, 1.82) is 0 Å². The van der Waals surface area contributed by atoms with Crippen molar-refractivity contribution in [3.05, 3.63) is 53.1 Å². The summed E-state index contributed by atoms with van der Waals surface area (Å²) in [6.45, 7) is 1.74. The van der Waals surface area contributed by atoms with Gasteiger partial charge >= 0.3 is 0 Å². The van der Waals surface area contributed by atoms with Gasteiger partial charge in [-0.2, -0.15) is 17.4 Å². The summed E-state index contributed by atoms with van der Waals surface area (Å²) >= 11 is 0. The number of fused-ring (bicyclic) bond motifs is 5. The van der Waals surface area contributed by atoms with Gasteiger partial charge in [-0.1, -0.05) is 31.4 Å². The summed E-state index contributed by atoms with van der Waals surface area (Å²) in [6.07, 6.45) is 6.47. The first-order chi connectivity index (χ1) is 21.1. The molecule has 0 spiro atoms. The van der Waals surface area contributed by atoms with E-state index in [-0.39, 0.29) is 18.4 Å². The van der Waals surface area contributed by atoms with Crippen LogP contribution in [0, 0.1) is 5.92 Å². The average molecular weight is 625 g/mol. The average Bonchev–Trinajstić information content (AvgIpc) is 3.76. The molecule has 2 unspecified atom stereocenters. The largest absolute Gasteiger partial charge is 0.497 e. The van der Waals surface area contributed by atoms with Gasteiger partial charge in [0.15, 0.2) is 5.72 Å². The number of methoxy groups -OCH3 is 2. The van der Waals surface area contributed by atoms with Crippen LogP contribution in [0.25, 0.3) is 22.2 Å². The molecule has 0 bridgehead atoms. The Morgan fingerprint density at radius 1 is 1.09 bits per heavy atom. The van der Waals surface area contributed by atoms with Crippen LogP contribution in [0.3, 0.4) is 0 Å². The van der Waals surface area contributed by atoms with Crippen LogP contribution in [-0.2, 0) is 43.2 Å². The molecule has 238 valence electrons. The first-order valence-electron chi connectivity index (χ1n) is 15.5. The number of epoxide rings is 1. The van der Waals surface area contributed by atoms with Gasteiger partial charge in [-0.3, -0.25) is 4.79 Å². The number of hydrogen-bond acceptors (Lipinski definition) is 6. The molecule has 2 fully saturated rings. The molecule has 3 heterocycles. The maximum Gasteiger partial charge on any atom is 0.281 e. The summed E-state index contributed by atoms with van der Waals surface area (Å²) in [5.41, 5.74) is 5.36. The lowest BCUT2D eigenvalue weighted by Crippen LogP contribution is -2.43. The first kappa shape index (κ1) is 31.0. The van der Waals surface area contributed by atoms with E-state index < -0.39 is 15.9 Å². The molecule has 2 aromatic carbocycles. The highest BCUT2D eigenvalue weighted by Gasteiger charge is 2.50. The normalized spacial score (nSPS) is 22.0. The molecule has 1 amide bonds. The quantitative estimate of drug-likeness (QED) is 0.339. The van der Waals surface area contributed by atoms with E-state index in [4.69, 9.17) is 14.2 Å². The monoisotopic (exact) mass is 624 g/mol. The zero-order valence-electron chi connectivity index (χ0n) is 26.4. The van der Waals surface area contributed by atoms with Gasteiger partial charge in [-0.25, -0.2) is 0 Å². The third-order valence-corrected chi connectivity index (χ3v) is 11.1. The molecular formula is C33H44N4O6S. The summed E-state index contributed by atoms with van der Waals surface area (Å²) in [7, 11) is 4.41. The van der Waals surface area contributed by atoms with E-state index in [0.29, 0.717) is 32.0 Å². The highest BCUT2D eigenvalue weighted by atomic mass is 32.2. The lowest BCUT2D eigenvalue weighted by atomic mass is 9.81. The molecule has 2 atom stereocenters. The fraction of sp³-hybridized carbons (Fsp3) is 0.545. The Bertz CT molecular complexity index is 1660. The summed E-state index contributed by atoms with van der Waals surface area (Å²) in [6, 6.07) is 12.4. The molecule has 1 aromatic heterocycles. The lowest BCUT2D eigenvalue weighted by molar-refractivity contribution is -0.135. The summed E-state index contributed by atoms with van der Waals surface area (Å²) in [4.78, 5) is 15.7. The number of hydrogen-bond donors (Lipinski definition) is 1. The van der Waals surface area contributed by atoms with Crippen LogP contribution in [-0.4, -0.2) is 83.2 Å². The fourth-order valence-electron chi connectivity index (χ4n) is 7.03. The van der Waals surface area contributed by atoms with Gasteiger partial charge in [0.2, 0.25) is 5.91 Å². The molecule has 1 saturated heterocycles. The lowest BCUT2D eigenvalue weighted by Gasteiger charge is -2.24. The summed E-state index contributed by atoms with van der Waals surface area (Å²) in [5.74, 6) is 0.940. The zero-order valence-corrected chi connectivity index (χ0v) is 27.2. The van der Waals surface area contributed by atoms with Crippen molar-refractivity contribution in [2.24, 2.45) is 5.92 Å². The number of amides is 1. The topological polar surface area (TPSA) is 106 Å². The molecule has 3 aromatic rings. The van der Waals surface area contributed by atoms with Gasteiger partial charge in [0, 0.05) is 63.4 Å². The van der Waals surface area contributed by atoms with Crippen molar-refractivity contribution in [3.63, 3.8) is 0 Å². The van der Waals surface area contributed by atoms with Crippen molar-refractivity contribution in [2.45, 2.75) is 56.7 Å². The van der Waals surface area contributed by atoms with E-state index in [1.807, 2.05) is 19.2 Å². The van der Waals surface area contributed by atoms with E-state index in [9.17, 15) is 13.2 Å². The van der Waals surface area contributed by atoms with Gasteiger partial charge in [0.1, 0.15) is 5.75 Å². The van der Waals surface area contributed by atoms with E-state index in [2.05, 4.69) is 33.6 Å². The minimum atomic E-state index is -3.73. The van der Waals surface area contributed by atoms with Crippen molar-refractivity contribution < 1.29 is 27.4 Å². The van der Waals surface area contributed by atoms with Gasteiger partial charge < -0.3 is 23.7 Å². The molecule has 1 N–H and O–H groups in total. The molecule has 3 aliphatic rings. The van der Waals surface area contributed by atoms with Gasteiger partial charge in [-0.05, 0) is 60.6 Å². The number of nitrogens with zero attached hydrogens (tertiary/aromatic N) is 3. The standard InChI is InChI=1S/C33H44N4O6S/c1-35(2)44(39,40)34-33(21-43-33)25-11-13-28-29(19-25)37-20-24(32(38)36(3)15-16-41-4)17-23-18-26(42-5)12-14-27(23)31(37)30(28)22-9-7-6-8-10-22/h11-14,18-19,22,24,34H,6-10,15-17,20-21H2,1-5H3. The summed E-state index contributed by atoms with van der Waals surface area (Å²) < 4.78 is 48.6. The van der Waals surface area contributed by atoms with E-state index in [0.717, 1.165) is 56.2 Å². The molecule has 0 radical (unpaired) electrons. The van der Waals surface area contributed by atoms with Crippen LogP contribution in [0.2, 0.25) is 0 Å². The Morgan fingerprint density at radius 3 is 2.50 bits per heavy atom. The Kier molecular flexibility index (Phi) is 8.53. The smallest absolute Gasteiger partial charge is 0.281 e. The second-order valence-electron chi connectivity index (χ2n) is 12.6. The molecule has 10 nitrogen and oxygen atoms in total. The number of likely N-dealkylation sites (N-methyl/N-ethyl adjacent to an activating group) is 1.